The van der Waals surface area contributed by atoms with Crippen molar-refractivity contribution < 1.29 is 4.79 Å². The van der Waals surface area contributed by atoms with E-state index in [2.05, 4.69) is 29.6 Å². The van der Waals surface area contributed by atoms with Crippen LogP contribution in [0.2, 0.25) is 0 Å². The van der Waals surface area contributed by atoms with Gasteiger partial charge in [0.15, 0.2) is 0 Å². The summed E-state index contributed by atoms with van der Waals surface area (Å²) in [6.07, 6.45) is 3.64. The molecule has 2 aromatic rings. The van der Waals surface area contributed by atoms with Crippen molar-refractivity contribution >= 4 is 27.7 Å². The third kappa shape index (κ3) is 1.85. The molecule has 0 N–H and O–H groups in total. The van der Waals surface area contributed by atoms with Crippen LogP contribution in [0.1, 0.15) is 18.4 Å². The minimum atomic E-state index is 0.671. The number of benzene rings is 1. The van der Waals surface area contributed by atoms with E-state index in [1.807, 2.05) is 0 Å². The van der Waals surface area contributed by atoms with Crippen LogP contribution in [0.15, 0.2) is 29.6 Å². The van der Waals surface area contributed by atoms with Crippen molar-refractivity contribution in [3.8, 4) is 0 Å². The topological polar surface area (TPSA) is 17.1 Å². The number of thiophene rings is 1. The molecule has 0 fully saturated rings. The van der Waals surface area contributed by atoms with Crippen molar-refractivity contribution in [2.45, 2.75) is 19.3 Å². The van der Waals surface area contributed by atoms with Crippen molar-refractivity contribution in [2.75, 3.05) is 0 Å². The number of aryl methyl sites for hydroxylation is 1. The van der Waals surface area contributed by atoms with Gasteiger partial charge in [-0.15, -0.1) is 11.3 Å². The first-order chi connectivity index (χ1) is 6.92. The zero-order chi connectivity index (χ0) is 9.80. The monoisotopic (exact) mass is 204 g/mol. The van der Waals surface area contributed by atoms with Gasteiger partial charge in [-0.05, 0) is 35.2 Å². The maximum absolute atomic E-state index is 10.2. The van der Waals surface area contributed by atoms with Crippen LogP contribution in [0.25, 0.3) is 10.1 Å². The van der Waals surface area contributed by atoms with Crippen molar-refractivity contribution in [1.29, 1.82) is 0 Å². The molecule has 0 saturated carbocycles. The Hall–Kier alpha value is -1.15. The predicted molar refractivity (Wildman–Crippen MR) is 60.8 cm³/mol. The van der Waals surface area contributed by atoms with Crippen LogP contribution in [-0.2, 0) is 11.2 Å². The van der Waals surface area contributed by atoms with E-state index in [1.165, 1.54) is 15.6 Å². The van der Waals surface area contributed by atoms with E-state index in [0.717, 1.165) is 19.1 Å². The Kier molecular flexibility index (Phi) is 2.94. The fourth-order valence-electron chi connectivity index (χ4n) is 1.60. The number of aldehydes is 1. The van der Waals surface area contributed by atoms with Crippen LogP contribution in [0.5, 0.6) is 0 Å². The number of fused-ring (bicyclic) bond motifs is 1. The van der Waals surface area contributed by atoms with Gasteiger partial charge in [0.1, 0.15) is 6.29 Å². The first kappa shape index (κ1) is 9.41. The lowest BCUT2D eigenvalue weighted by Crippen LogP contribution is -1.83. The zero-order valence-corrected chi connectivity index (χ0v) is 8.72. The normalized spacial score (nSPS) is 10.6. The average molecular weight is 204 g/mol. The number of hydrogen-bond donors (Lipinski definition) is 0. The van der Waals surface area contributed by atoms with Crippen molar-refractivity contribution in [1.82, 2.24) is 0 Å². The van der Waals surface area contributed by atoms with Crippen LogP contribution in [0, 0.1) is 0 Å². The van der Waals surface area contributed by atoms with Crippen molar-refractivity contribution in [3.63, 3.8) is 0 Å². The summed E-state index contributed by atoms with van der Waals surface area (Å²) in [5.74, 6) is 0. The Morgan fingerprint density at radius 2 is 2.14 bits per heavy atom. The van der Waals surface area contributed by atoms with E-state index in [0.29, 0.717) is 6.42 Å². The molecule has 2 heteroatoms. The summed E-state index contributed by atoms with van der Waals surface area (Å²) in [4.78, 5) is 10.2. The van der Waals surface area contributed by atoms with Crippen LogP contribution in [-0.4, -0.2) is 6.29 Å². The summed E-state index contributed by atoms with van der Waals surface area (Å²) in [6.45, 7) is 0. The van der Waals surface area contributed by atoms with Gasteiger partial charge in [0.2, 0.25) is 0 Å². The maximum Gasteiger partial charge on any atom is 0.120 e. The first-order valence-corrected chi connectivity index (χ1v) is 5.68. The maximum atomic E-state index is 10.2. The Labute approximate surface area is 87.4 Å². The minimum absolute atomic E-state index is 0.671. The molecule has 0 amide bonds. The summed E-state index contributed by atoms with van der Waals surface area (Å²) >= 11 is 1.78. The lowest BCUT2D eigenvalue weighted by molar-refractivity contribution is -0.107. The van der Waals surface area contributed by atoms with Crippen molar-refractivity contribution in [2.24, 2.45) is 0 Å². The van der Waals surface area contributed by atoms with E-state index in [1.54, 1.807) is 11.3 Å². The molecular formula is C12H12OS. The Morgan fingerprint density at radius 1 is 1.29 bits per heavy atom. The van der Waals surface area contributed by atoms with Gasteiger partial charge >= 0.3 is 0 Å². The second-order valence-corrected chi connectivity index (χ2v) is 4.23. The van der Waals surface area contributed by atoms with Crippen molar-refractivity contribution in [3.05, 3.63) is 35.2 Å². The molecule has 0 aliphatic heterocycles. The third-order valence-electron chi connectivity index (χ3n) is 2.33. The largest absolute Gasteiger partial charge is 0.303 e. The highest BCUT2D eigenvalue weighted by molar-refractivity contribution is 7.17. The third-order valence-corrected chi connectivity index (χ3v) is 3.34. The number of hydrogen-bond acceptors (Lipinski definition) is 2. The Morgan fingerprint density at radius 3 is 3.00 bits per heavy atom. The quantitative estimate of drug-likeness (QED) is 0.551. The molecule has 14 heavy (non-hydrogen) atoms. The van der Waals surface area contributed by atoms with Gasteiger partial charge in [0, 0.05) is 11.1 Å². The van der Waals surface area contributed by atoms with Gasteiger partial charge in [-0.25, -0.2) is 0 Å². The van der Waals surface area contributed by atoms with E-state index in [9.17, 15) is 4.79 Å². The number of carbonyl (C=O) groups excluding carboxylic acids is 1. The van der Waals surface area contributed by atoms with Crippen LogP contribution < -0.4 is 0 Å². The molecule has 0 spiro atoms. The molecule has 72 valence electrons. The zero-order valence-electron chi connectivity index (χ0n) is 7.90. The smallest absolute Gasteiger partial charge is 0.120 e. The fraction of sp³-hybridized carbons (Fsp3) is 0.250. The van der Waals surface area contributed by atoms with Crippen LogP contribution in [0.3, 0.4) is 0 Å². The summed E-state index contributed by atoms with van der Waals surface area (Å²) in [5, 5.41) is 3.55. The standard InChI is InChI=1S/C12H12OS/c13-8-4-3-5-10-9-14-12-7-2-1-6-11(10)12/h1-2,6-9H,3-5H2. The summed E-state index contributed by atoms with van der Waals surface area (Å²) in [5.41, 5.74) is 1.38. The highest BCUT2D eigenvalue weighted by Gasteiger charge is 2.01. The molecule has 0 atom stereocenters. The molecule has 1 aromatic carbocycles. The van der Waals surface area contributed by atoms with Gasteiger partial charge in [-0.2, -0.15) is 0 Å². The molecule has 0 unspecified atom stereocenters. The number of carbonyl (C=O) groups is 1. The summed E-state index contributed by atoms with van der Waals surface area (Å²) in [7, 11) is 0. The molecular weight excluding hydrogens is 192 g/mol. The second-order valence-electron chi connectivity index (χ2n) is 3.32. The number of unbranched alkanes of at least 4 members (excludes halogenated alkanes) is 1. The molecule has 0 radical (unpaired) electrons. The molecule has 0 saturated heterocycles. The second kappa shape index (κ2) is 4.38. The minimum Gasteiger partial charge on any atom is -0.303 e. The number of rotatable bonds is 4. The van der Waals surface area contributed by atoms with E-state index < -0.39 is 0 Å². The molecule has 1 aromatic heterocycles. The SMILES string of the molecule is O=CCCCc1csc2ccccc12. The first-order valence-electron chi connectivity index (χ1n) is 4.80. The van der Waals surface area contributed by atoms with Gasteiger partial charge in [-0.3, -0.25) is 0 Å². The summed E-state index contributed by atoms with van der Waals surface area (Å²) in [6, 6.07) is 8.43. The summed E-state index contributed by atoms with van der Waals surface area (Å²) < 4.78 is 1.34. The Balaban J connectivity index is 2.20. The molecule has 0 bridgehead atoms. The highest BCUT2D eigenvalue weighted by atomic mass is 32.1. The highest BCUT2D eigenvalue weighted by Crippen LogP contribution is 2.26. The average Bonchev–Trinajstić information content (AvgIpc) is 2.63. The molecule has 0 aliphatic carbocycles. The molecule has 1 heterocycles. The molecule has 0 aliphatic rings. The van der Waals surface area contributed by atoms with Crippen LogP contribution >= 0.6 is 11.3 Å². The van der Waals surface area contributed by atoms with Crippen LogP contribution in [0.4, 0.5) is 0 Å². The lowest BCUT2D eigenvalue weighted by Gasteiger charge is -1.96. The lowest BCUT2D eigenvalue weighted by atomic mass is 10.1. The van der Waals surface area contributed by atoms with Gasteiger partial charge in [0.25, 0.3) is 0 Å². The molecule has 1 nitrogen and oxygen atoms in total. The predicted octanol–water partition coefficient (Wildman–Crippen LogP) is 3.42. The van der Waals surface area contributed by atoms with Gasteiger partial charge in [0.05, 0.1) is 0 Å². The van der Waals surface area contributed by atoms with E-state index >= 15 is 0 Å². The van der Waals surface area contributed by atoms with E-state index in [4.69, 9.17) is 0 Å². The van der Waals surface area contributed by atoms with Gasteiger partial charge in [-0.1, -0.05) is 18.2 Å². The Bertz CT molecular complexity index is 431. The fourth-order valence-corrected chi connectivity index (χ4v) is 2.60. The molecule has 2 rings (SSSR count). The van der Waals surface area contributed by atoms with E-state index in [-0.39, 0.29) is 0 Å². The van der Waals surface area contributed by atoms with Gasteiger partial charge < -0.3 is 4.79 Å².